The molecule has 0 rings (SSSR count). The average Bonchev–Trinajstić information content (AvgIpc) is 1.98. The fourth-order valence-electron chi connectivity index (χ4n) is 0.0938. The van der Waals surface area contributed by atoms with E-state index in [9.17, 15) is 0 Å². The molecule has 0 saturated carbocycles. The highest BCUT2D eigenvalue weighted by Gasteiger charge is 1.85. The summed E-state index contributed by atoms with van der Waals surface area (Å²) in [5, 5.41) is 0. The average molecular weight is 97.2 g/mol. The van der Waals surface area contributed by atoms with Crippen molar-refractivity contribution in [2.75, 3.05) is 0 Å². The molecule has 0 spiro atoms. The van der Waals surface area contributed by atoms with Gasteiger partial charge in [-0.3, -0.25) is 0 Å². The summed E-state index contributed by atoms with van der Waals surface area (Å²) in [6, 6.07) is 0. The topological polar surface area (TPSA) is 0 Å². The van der Waals surface area contributed by atoms with Gasteiger partial charge in [-0.2, -0.15) is 0 Å². The van der Waals surface area contributed by atoms with Gasteiger partial charge in [0.05, 0.1) is 0 Å². The fourth-order valence-corrected chi connectivity index (χ4v) is 0.0938. The third kappa shape index (κ3) is 4.00. The molecule has 0 heteroatoms. The second kappa shape index (κ2) is 3.20. The van der Waals surface area contributed by atoms with Crippen molar-refractivity contribution in [1.82, 2.24) is 0 Å². The highest BCUT2D eigenvalue weighted by Crippen LogP contribution is 2.00. The van der Waals surface area contributed by atoms with Crippen LogP contribution in [0.25, 0.3) is 0 Å². The van der Waals surface area contributed by atoms with Crippen molar-refractivity contribution < 1.29 is 15.1 Å². The summed E-state index contributed by atoms with van der Waals surface area (Å²) in [4.78, 5) is 0. The Morgan fingerprint density at radius 1 is 2.17 bits per heavy atom. The third-order valence-electron chi connectivity index (χ3n) is 0.250. The lowest BCUT2D eigenvalue weighted by Crippen LogP contribution is -1.81. The molecule has 0 aromatic rings. The molecular formula is C6H14. The van der Waals surface area contributed by atoms with Crippen molar-refractivity contribution in [1.29, 1.82) is 0 Å². The lowest BCUT2D eigenvalue weighted by molar-refractivity contribution is 0.576. The van der Waals surface area contributed by atoms with Crippen LogP contribution in [-0.4, -0.2) is 0 Å². The number of hydrogen-bond acceptors (Lipinski definition) is 0. The highest BCUT2D eigenvalue weighted by atomic mass is 13.9. The Morgan fingerprint density at radius 2 is 3.00 bits per heavy atom. The normalized spacial score (nSPS) is 55.8. The van der Waals surface area contributed by atoms with Crippen LogP contribution in [-0.2, 0) is 0 Å². The zero-order valence-corrected chi connectivity index (χ0v) is 3.50. The summed E-state index contributed by atoms with van der Waals surface area (Å²) >= 11 is 0. The van der Waals surface area contributed by atoms with Gasteiger partial charge in [0.25, 0.3) is 0 Å². The zero-order chi connectivity index (χ0) is 14.5. The maximum Gasteiger partial charge on any atom is 0.0297 e. The van der Waals surface area contributed by atoms with Crippen LogP contribution in [0.1, 0.15) is 48.5 Å². The molecule has 0 aliphatic carbocycles. The zero-order valence-electron chi connectivity index (χ0n) is 14.5. The van der Waals surface area contributed by atoms with Crippen LogP contribution in [0.3, 0.4) is 0 Å². The Kier molecular flexibility index (Phi) is 0.312. The van der Waals surface area contributed by atoms with Crippen molar-refractivity contribution in [3.8, 4) is 0 Å². The minimum atomic E-state index is -3.44. The second-order valence-electron chi connectivity index (χ2n) is 0.875. The molecule has 38 valence electrons. The maximum absolute atomic E-state index is 7.49. The smallest absolute Gasteiger partial charge is 0.0297 e. The molecular weight excluding hydrogens is 72.1 g/mol. The molecule has 0 amide bonds. The van der Waals surface area contributed by atoms with E-state index in [0.29, 0.717) is 6.92 Å². The summed E-state index contributed by atoms with van der Waals surface area (Å²) < 4.78 is 78.8. The van der Waals surface area contributed by atoms with Gasteiger partial charge in [-0.1, -0.05) is 33.4 Å². The Hall–Kier alpha value is 0. The molecule has 0 radical (unpaired) electrons. The van der Waals surface area contributed by atoms with E-state index in [1.54, 1.807) is 0 Å². The van der Waals surface area contributed by atoms with Crippen LogP contribution in [0.2, 0.25) is 0 Å². The van der Waals surface area contributed by atoms with Gasteiger partial charge in [0.2, 0.25) is 0 Å². The van der Waals surface area contributed by atoms with Crippen LogP contribution < -0.4 is 0 Å². The molecule has 0 heterocycles. The van der Waals surface area contributed by atoms with E-state index in [1.807, 2.05) is 0 Å². The molecule has 0 aromatic heterocycles. The minimum absolute atomic E-state index is 0.670. The van der Waals surface area contributed by atoms with Crippen LogP contribution in [0.4, 0.5) is 0 Å². The van der Waals surface area contributed by atoms with Crippen molar-refractivity contribution in [2.45, 2.75) is 33.4 Å². The first-order valence-electron chi connectivity index (χ1n) is 7.00. The Morgan fingerprint density at radius 3 is 3.50 bits per heavy atom. The number of rotatable bonds is 2. The van der Waals surface area contributed by atoms with E-state index in [1.165, 1.54) is 0 Å². The summed E-state index contributed by atoms with van der Waals surface area (Å²) in [5.41, 5.74) is 0. The van der Waals surface area contributed by atoms with E-state index in [2.05, 4.69) is 0 Å². The van der Waals surface area contributed by atoms with Gasteiger partial charge < -0.3 is 0 Å². The monoisotopic (exact) mass is 97.2 g/mol. The molecule has 0 aliphatic heterocycles. The van der Waals surface area contributed by atoms with Crippen LogP contribution in [0, 0.1) is 5.89 Å². The fraction of sp³-hybridized carbons (Fsp3) is 1.00. The third-order valence-corrected chi connectivity index (χ3v) is 0.250. The van der Waals surface area contributed by atoms with E-state index >= 15 is 0 Å². The van der Waals surface area contributed by atoms with Gasteiger partial charge in [-0.05, 0) is 5.89 Å². The minimum Gasteiger partial charge on any atom is -0.0654 e. The molecule has 0 saturated heterocycles. The molecule has 1 atom stereocenters. The second-order valence-corrected chi connectivity index (χ2v) is 0.875. The molecule has 0 nitrogen and oxygen atoms in total. The first-order chi connectivity index (χ1) is 7.00. The highest BCUT2D eigenvalue weighted by molar-refractivity contribution is 4.38. The van der Waals surface area contributed by atoms with Crippen molar-refractivity contribution in [3.63, 3.8) is 0 Å². The lowest BCUT2D eigenvalue weighted by Gasteiger charge is -1.95. The Labute approximate surface area is 56.0 Å². The molecule has 1 unspecified atom stereocenters. The van der Waals surface area contributed by atoms with Crippen LogP contribution >= 0.6 is 0 Å². The summed E-state index contributed by atoms with van der Waals surface area (Å²) in [6.45, 7) is -5.83. The molecule has 6 heavy (non-hydrogen) atoms. The van der Waals surface area contributed by atoms with E-state index in [0.717, 1.165) is 0 Å². The van der Waals surface area contributed by atoms with E-state index in [-0.39, 0.29) is 0 Å². The summed E-state index contributed by atoms with van der Waals surface area (Å²) in [5.74, 6) is -2.88. The van der Waals surface area contributed by atoms with Gasteiger partial charge in [0, 0.05) is 15.1 Å². The Bertz CT molecular complexity index is 251. The van der Waals surface area contributed by atoms with Gasteiger partial charge in [0.1, 0.15) is 0 Å². The summed E-state index contributed by atoms with van der Waals surface area (Å²) in [7, 11) is 0. The van der Waals surface area contributed by atoms with Crippen LogP contribution in [0.15, 0.2) is 0 Å². The maximum atomic E-state index is 7.49. The Balaban J connectivity index is 5.73. The van der Waals surface area contributed by atoms with Gasteiger partial charge in [-0.15, -0.1) is 0 Å². The largest absolute Gasteiger partial charge is 0.0654 e. The molecule has 0 N–H and O–H groups in total. The predicted octanol–water partition coefficient (Wildman–Crippen LogP) is 2.44. The van der Waals surface area contributed by atoms with Crippen molar-refractivity contribution in [2.24, 2.45) is 5.89 Å². The quantitative estimate of drug-likeness (QED) is 0.496. The lowest BCUT2D eigenvalue weighted by atomic mass is 10.1. The summed E-state index contributed by atoms with van der Waals surface area (Å²) in [6.07, 6.45) is -6.80. The van der Waals surface area contributed by atoms with Gasteiger partial charge in [-0.25, -0.2) is 0 Å². The van der Waals surface area contributed by atoms with E-state index < -0.39 is 32.3 Å². The first-order valence-corrected chi connectivity index (χ1v) is 1.50. The first kappa shape index (κ1) is 0.586. The molecule has 0 aromatic carbocycles. The number of hydrogen-bond donors (Lipinski definition) is 0. The molecule has 0 bridgehead atoms. The van der Waals surface area contributed by atoms with E-state index in [4.69, 9.17) is 15.1 Å². The molecule has 0 fully saturated rings. The standard InChI is InChI=1S/C6H14/c1-4-5-6(2)3/h6H,4-5H2,1-3H3/i1D3,2D3,4D2,5D2,6D. The predicted molar refractivity (Wildman–Crippen MR) is 29.7 cm³/mol. The molecule has 0 aliphatic rings. The van der Waals surface area contributed by atoms with Crippen LogP contribution in [0.5, 0.6) is 0 Å². The van der Waals surface area contributed by atoms with Gasteiger partial charge in [0.15, 0.2) is 0 Å². The SMILES string of the molecule is [2H]C([2H])([2H])C([2H])([2H])C([2H])([2H])C([2H])(C)C([2H])([2H])[2H]. The van der Waals surface area contributed by atoms with Crippen molar-refractivity contribution >= 4 is 0 Å². The van der Waals surface area contributed by atoms with Gasteiger partial charge >= 0.3 is 0 Å². The van der Waals surface area contributed by atoms with Crippen molar-refractivity contribution in [3.05, 3.63) is 0 Å².